The van der Waals surface area contributed by atoms with E-state index in [0.29, 0.717) is 5.69 Å². The van der Waals surface area contributed by atoms with Crippen molar-refractivity contribution < 1.29 is 14.3 Å². The van der Waals surface area contributed by atoms with Crippen molar-refractivity contribution in [1.82, 2.24) is 4.98 Å². The lowest BCUT2D eigenvalue weighted by molar-refractivity contribution is 0.0690. The number of aromatic carboxylic acids is 1. The molecule has 0 saturated carbocycles. The Balaban J connectivity index is 2.39. The van der Waals surface area contributed by atoms with Crippen LogP contribution in [0.5, 0.6) is 0 Å². The van der Waals surface area contributed by atoms with Crippen LogP contribution >= 0.6 is 23.2 Å². The Morgan fingerprint density at radius 2 is 1.90 bits per heavy atom. The van der Waals surface area contributed by atoms with E-state index in [4.69, 9.17) is 34.0 Å². The third-order valence-corrected chi connectivity index (χ3v) is 2.94. The molecule has 0 spiro atoms. The number of carboxylic acid groups (broad SMARTS) is 1. The summed E-state index contributed by atoms with van der Waals surface area (Å²) in [7, 11) is 0. The number of nitrogens with two attached hydrogens (primary N) is 1. The molecular weight excluding hydrogens is 308 g/mol. The quantitative estimate of drug-likeness (QED) is 0.754. The van der Waals surface area contributed by atoms with Crippen LogP contribution in [-0.2, 0) is 0 Å². The van der Waals surface area contributed by atoms with Crippen LogP contribution in [0.25, 0.3) is 0 Å². The zero-order chi connectivity index (χ0) is 14.9. The molecule has 8 heteroatoms. The van der Waals surface area contributed by atoms with Crippen molar-refractivity contribution in [2.24, 2.45) is 0 Å². The molecule has 0 unspecified atom stereocenters. The summed E-state index contributed by atoms with van der Waals surface area (Å²) in [4.78, 5) is 14.7. The molecule has 0 atom stereocenters. The number of nitrogen functional groups attached to an aromatic ring is 1. The lowest BCUT2D eigenvalue weighted by Gasteiger charge is -2.10. The molecule has 104 valence electrons. The number of nitrogens with one attached hydrogen (secondary N) is 1. The Hall–Kier alpha value is -2.05. The number of rotatable bonds is 3. The van der Waals surface area contributed by atoms with Crippen LogP contribution in [0.15, 0.2) is 24.3 Å². The van der Waals surface area contributed by atoms with Gasteiger partial charge in [-0.05, 0) is 24.3 Å². The van der Waals surface area contributed by atoms with Crippen molar-refractivity contribution >= 4 is 46.4 Å². The summed E-state index contributed by atoms with van der Waals surface area (Å²) >= 11 is 11.3. The second-order valence-electron chi connectivity index (χ2n) is 3.82. The van der Waals surface area contributed by atoms with E-state index in [9.17, 15) is 9.18 Å². The maximum Gasteiger partial charge on any atom is 0.354 e. The van der Waals surface area contributed by atoms with E-state index in [1.165, 1.54) is 24.3 Å². The average Bonchev–Trinajstić information content (AvgIpc) is 2.38. The van der Waals surface area contributed by atoms with Gasteiger partial charge in [-0.3, -0.25) is 0 Å². The number of nitrogens with zero attached hydrogens (tertiary/aromatic N) is 1. The van der Waals surface area contributed by atoms with Gasteiger partial charge < -0.3 is 16.2 Å². The van der Waals surface area contributed by atoms with E-state index in [0.717, 1.165) is 0 Å². The third kappa shape index (κ3) is 2.92. The lowest BCUT2D eigenvalue weighted by atomic mass is 10.2. The van der Waals surface area contributed by atoms with Gasteiger partial charge in [-0.1, -0.05) is 23.2 Å². The SMILES string of the molecule is Nc1ccc(C(=O)O)nc1Nc1cc(Cl)c(F)c(Cl)c1. The summed E-state index contributed by atoms with van der Waals surface area (Å²) in [5.74, 6) is -1.81. The van der Waals surface area contributed by atoms with Crippen LogP contribution in [0.2, 0.25) is 10.0 Å². The maximum absolute atomic E-state index is 13.3. The number of carbonyl (C=O) groups is 1. The van der Waals surface area contributed by atoms with Crippen LogP contribution < -0.4 is 11.1 Å². The molecule has 0 aliphatic carbocycles. The Bertz CT molecular complexity index is 671. The minimum atomic E-state index is -1.19. The summed E-state index contributed by atoms with van der Waals surface area (Å²) in [6.45, 7) is 0. The Kier molecular flexibility index (Phi) is 3.96. The summed E-state index contributed by atoms with van der Waals surface area (Å²) in [6.07, 6.45) is 0. The fourth-order valence-corrected chi connectivity index (χ4v) is 1.94. The summed E-state index contributed by atoms with van der Waals surface area (Å²) in [6, 6.07) is 5.24. The molecule has 4 N–H and O–H groups in total. The van der Waals surface area contributed by atoms with Crippen molar-refractivity contribution in [2.75, 3.05) is 11.1 Å². The molecule has 2 rings (SSSR count). The van der Waals surface area contributed by atoms with Crippen molar-refractivity contribution in [3.63, 3.8) is 0 Å². The normalized spacial score (nSPS) is 10.3. The number of aromatic nitrogens is 1. The van der Waals surface area contributed by atoms with E-state index >= 15 is 0 Å². The molecule has 2 aromatic rings. The monoisotopic (exact) mass is 315 g/mol. The van der Waals surface area contributed by atoms with Crippen LogP contribution in [0.1, 0.15) is 10.5 Å². The molecule has 1 heterocycles. The second kappa shape index (κ2) is 5.52. The number of hydrogen-bond acceptors (Lipinski definition) is 4. The Labute approximate surface area is 123 Å². The van der Waals surface area contributed by atoms with Gasteiger partial charge in [-0.25, -0.2) is 14.2 Å². The average molecular weight is 316 g/mol. The molecule has 1 aromatic carbocycles. The first-order valence-electron chi connectivity index (χ1n) is 5.30. The van der Waals surface area contributed by atoms with Gasteiger partial charge >= 0.3 is 5.97 Å². The van der Waals surface area contributed by atoms with Gasteiger partial charge in [0.2, 0.25) is 0 Å². The molecular formula is C12H8Cl2FN3O2. The first-order chi connectivity index (χ1) is 9.38. The smallest absolute Gasteiger partial charge is 0.354 e. The summed E-state index contributed by atoms with van der Waals surface area (Å²) in [5.41, 5.74) is 6.07. The molecule has 20 heavy (non-hydrogen) atoms. The number of carboxylic acids is 1. The molecule has 5 nitrogen and oxygen atoms in total. The minimum absolute atomic E-state index is 0.114. The predicted octanol–water partition coefficient (Wildman–Crippen LogP) is 3.55. The highest BCUT2D eigenvalue weighted by Gasteiger charge is 2.11. The van der Waals surface area contributed by atoms with E-state index in [2.05, 4.69) is 10.3 Å². The zero-order valence-corrected chi connectivity index (χ0v) is 11.3. The highest BCUT2D eigenvalue weighted by molar-refractivity contribution is 6.35. The predicted molar refractivity (Wildman–Crippen MR) is 75.3 cm³/mol. The van der Waals surface area contributed by atoms with Gasteiger partial charge in [0.15, 0.2) is 17.3 Å². The first kappa shape index (κ1) is 14.4. The number of anilines is 3. The highest BCUT2D eigenvalue weighted by atomic mass is 35.5. The molecule has 0 amide bonds. The van der Waals surface area contributed by atoms with Crippen molar-refractivity contribution in [3.05, 3.63) is 45.8 Å². The fraction of sp³-hybridized carbons (Fsp3) is 0. The Morgan fingerprint density at radius 1 is 1.30 bits per heavy atom. The van der Waals surface area contributed by atoms with Crippen LogP contribution in [0.3, 0.4) is 0 Å². The first-order valence-corrected chi connectivity index (χ1v) is 6.05. The highest BCUT2D eigenvalue weighted by Crippen LogP contribution is 2.30. The lowest BCUT2D eigenvalue weighted by Crippen LogP contribution is -2.06. The van der Waals surface area contributed by atoms with E-state index in [1.807, 2.05) is 0 Å². The van der Waals surface area contributed by atoms with Gasteiger partial charge in [0, 0.05) is 5.69 Å². The number of pyridine rings is 1. The molecule has 0 bridgehead atoms. The van der Waals surface area contributed by atoms with Crippen LogP contribution in [0.4, 0.5) is 21.6 Å². The van der Waals surface area contributed by atoms with E-state index in [1.54, 1.807) is 0 Å². The molecule has 1 aromatic heterocycles. The van der Waals surface area contributed by atoms with Crippen molar-refractivity contribution in [3.8, 4) is 0 Å². The van der Waals surface area contributed by atoms with Crippen LogP contribution in [-0.4, -0.2) is 16.1 Å². The molecule has 0 saturated heterocycles. The maximum atomic E-state index is 13.3. The topological polar surface area (TPSA) is 88.2 Å². The number of benzene rings is 1. The van der Waals surface area contributed by atoms with E-state index < -0.39 is 11.8 Å². The minimum Gasteiger partial charge on any atom is -0.477 e. The summed E-state index contributed by atoms with van der Waals surface area (Å²) in [5, 5.41) is 11.3. The standard InChI is InChI=1S/C12H8Cl2FN3O2/c13-6-3-5(4-7(14)10(6)15)17-11-8(16)1-2-9(18-11)12(19)20/h1-4H,16H2,(H,17,18)(H,19,20). The molecule has 0 aliphatic heterocycles. The van der Waals surface area contributed by atoms with E-state index in [-0.39, 0.29) is 27.2 Å². The molecule has 0 aliphatic rings. The Morgan fingerprint density at radius 3 is 2.45 bits per heavy atom. The van der Waals surface area contributed by atoms with Gasteiger partial charge in [0.1, 0.15) is 0 Å². The summed E-state index contributed by atoms with van der Waals surface area (Å²) < 4.78 is 13.3. The number of hydrogen-bond donors (Lipinski definition) is 3. The molecule has 0 radical (unpaired) electrons. The van der Waals surface area contributed by atoms with Gasteiger partial charge in [-0.15, -0.1) is 0 Å². The van der Waals surface area contributed by atoms with Crippen molar-refractivity contribution in [2.45, 2.75) is 0 Å². The van der Waals surface area contributed by atoms with Gasteiger partial charge in [0.25, 0.3) is 0 Å². The van der Waals surface area contributed by atoms with Gasteiger partial charge in [-0.2, -0.15) is 0 Å². The van der Waals surface area contributed by atoms with Gasteiger partial charge in [0.05, 0.1) is 15.7 Å². The molecule has 0 fully saturated rings. The second-order valence-corrected chi connectivity index (χ2v) is 4.63. The van der Waals surface area contributed by atoms with Crippen LogP contribution in [0, 0.1) is 5.82 Å². The number of halogens is 3. The van der Waals surface area contributed by atoms with Crippen molar-refractivity contribution in [1.29, 1.82) is 0 Å². The fourth-order valence-electron chi connectivity index (χ4n) is 1.45. The zero-order valence-electron chi connectivity index (χ0n) is 9.82. The largest absolute Gasteiger partial charge is 0.477 e. The third-order valence-electron chi connectivity index (χ3n) is 2.39.